The summed E-state index contributed by atoms with van der Waals surface area (Å²) in [7, 11) is 0. The lowest BCUT2D eigenvalue weighted by Crippen LogP contribution is -2.40. The molecule has 4 nitrogen and oxygen atoms in total. The molecule has 1 heterocycles. The number of anilines is 1. The topological polar surface area (TPSA) is 58.4 Å². The van der Waals surface area contributed by atoms with Gasteiger partial charge in [-0.2, -0.15) is 0 Å². The highest BCUT2D eigenvalue weighted by atomic mass is 35.5. The fourth-order valence-corrected chi connectivity index (χ4v) is 2.67. The van der Waals surface area contributed by atoms with Crippen LogP contribution in [0.4, 0.5) is 5.69 Å². The van der Waals surface area contributed by atoms with E-state index >= 15 is 0 Å². The molecule has 1 aromatic carbocycles. The van der Waals surface area contributed by atoms with Crippen LogP contribution in [0.3, 0.4) is 0 Å². The van der Waals surface area contributed by atoms with E-state index in [-0.39, 0.29) is 18.3 Å². The smallest absolute Gasteiger partial charge is 0.238 e. The van der Waals surface area contributed by atoms with Gasteiger partial charge in [0.05, 0.1) is 6.54 Å². The number of carbonyl (C=O) groups is 1. The first-order valence-electron chi connectivity index (χ1n) is 7.07. The summed E-state index contributed by atoms with van der Waals surface area (Å²) in [4.78, 5) is 14.3. The van der Waals surface area contributed by atoms with E-state index in [0.29, 0.717) is 17.5 Å². The Labute approximate surface area is 137 Å². The van der Waals surface area contributed by atoms with Gasteiger partial charge in [0.2, 0.25) is 5.91 Å². The van der Waals surface area contributed by atoms with Gasteiger partial charge < -0.3 is 11.1 Å². The van der Waals surface area contributed by atoms with Crippen molar-refractivity contribution in [2.24, 2.45) is 11.7 Å². The van der Waals surface area contributed by atoms with Gasteiger partial charge in [-0.15, -0.1) is 12.4 Å². The maximum atomic E-state index is 12.1. The van der Waals surface area contributed by atoms with Crippen LogP contribution in [0.25, 0.3) is 0 Å². The number of carbonyl (C=O) groups excluding carboxylic acids is 1. The van der Waals surface area contributed by atoms with E-state index in [4.69, 9.17) is 17.3 Å². The summed E-state index contributed by atoms with van der Waals surface area (Å²) in [5, 5.41) is 3.57. The van der Waals surface area contributed by atoms with Crippen molar-refractivity contribution in [2.45, 2.75) is 19.8 Å². The van der Waals surface area contributed by atoms with Gasteiger partial charge in [0, 0.05) is 10.7 Å². The van der Waals surface area contributed by atoms with Gasteiger partial charge in [0.15, 0.2) is 0 Å². The lowest BCUT2D eigenvalue weighted by molar-refractivity contribution is -0.117. The first-order valence-corrected chi connectivity index (χ1v) is 7.44. The molecule has 1 aromatic rings. The lowest BCUT2D eigenvalue weighted by Gasteiger charge is -2.30. The summed E-state index contributed by atoms with van der Waals surface area (Å²) in [5.41, 5.74) is 7.48. The maximum Gasteiger partial charge on any atom is 0.238 e. The third-order valence-electron chi connectivity index (χ3n) is 3.88. The molecule has 0 bridgehead atoms. The Morgan fingerprint density at radius 3 is 2.71 bits per heavy atom. The number of rotatable bonds is 4. The highest BCUT2D eigenvalue weighted by Crippen LogP contribution is 2.20. The molecule has 0 atom stereocenters. The molecule has 6 heteroatoms. The molecule has 0 spiro atoms. The first kappa shape index (κ1) is 18.2. The second kappa shape index (κ2) is 8.59. The van der Waals surface area contributed by atoms with Crippen molar-refractivity contribution in [1.29, 1.82) is 0 Å². The third kappa shape index (κ3) is 5.47. The largest absolute Gasteiger partial charge is 0.330 e. The zero-order valence-electron chi connectivity index (χ0n) is 12.3. The Bertz CT molecular complexity index is 474. The third-order valence-corrected chi connectivity index (χ3v) is 4.12. The van der Waals surface area contributed by atoms with Crippen LogP contribution in [0.2, 0.25) is 5.02 Å². The molecule has 1 aliphatic heterocycles. The van der Waals surface area contributed by atoms with Gasteiger partial charge in [-0.3, -0.25) is 9.69 Å². The Morgan fingerprint density at radius 1 is 1.43 bits per heavy atom. The van der Waals surface area contributed by atoms with E-state index in [1.165, 1.54) is 0 Å². The number of nitrogens with one attached hydrogen (secondary N) is 1. The monoisotopic (exact) mass is 331 g/mol. The van der Waals surface area contributed by atoms with E-state index in [0.717, 1.165) is 43.7 Å². The molecule has 0 radical (unpaired) electrons. The minimum absolute atomic E-state index is 0. The Balaban J connectivity index is 0.00000220. The van der Waals surface area contributed by atoms with Crippen molar-refractivity contribution in [3.8, 4) is 0 Å². The maximum absolute atomic E-state index is 12.1. The first-order chi connectivity index (χ1) is 9.58. The number of benzene rings is 1. The summed E-state index contributed by atoms with van der Waals surface area (Å²) < 4.78 is 0. The van der Waals surface area contributed by atoms with E-state index in [9.17, 15) is 4.79 Å². The minimum atomic E-state index is 0. The van der Waals surface area contributed by atoms with Gasteiger partial charge in [0.25, 0.3) is 0 Å². The van der Waals surface area contributed by atoms with Crippen LogP contribution >= 0.6 is 24.0 Å². The predicted molar refractivity (Wildman–Crippen MR) is 90.3 cm³/mol. The molecule has 1 aliphatic rings. The molecule has 0 aromatic heterocycles. The molecule has 0 aliphatic carbocycles. The molecule has 2 rings (SSSR count). The average Bonchev–Trinajstić information content (AvgIpc) is 2.43. The zero-order chi connectivity index (χ0) is 14.5. The summed E-state index contributed by atoms with van der Waals surface area (Å²) in [6.07, 6.45) is 2.17. The molecular weight excluding hydrogens is 309 g/mol. The van der Waals surface area contributed by atoms with E-state index < -0.39 is 0 Å². The summed E-state index contributed by atoms with van der Waals surface area (Å²) >= 11 is 5.95. The number of nitrogens with zero attached hydrogens (tertiary/aromatic N) is 1. The van der Waals surface area contributed by atoms with Crippen molar-refractivity contribution in [2.75, 3.05) is 31.5 Å². The molecule has 1 amide bonds. The average molecular weight is 332 g/mol. The quantitative estimate of drug-likeness (QED) is 0.891. The fourth-order valence-electron chi connectivity index (χ4n) is 2.50. The van der Waals surface area contributed by atoms with Crippen LogP contribution in [0.15, 0.2) is 18.2 Å². The minimum Gasteiger partial charge on any atom is -0.330 e. The summed E-state index contributed by atoms with van der Waals surface area (Å²) in [6.45, 7) is 5.04. The molecule has 21 heavy (non-hydrogen) atoms. The second-order valence-electron chi connectivity index (χ2n) is 5.46. The van der Waals surface area contributed by atoms with Crippen molar-refractivity contribution in [1.82, 2.24) is 4.90 Å². The number of piperidine rings is 1. The highest BCUT2D eigenvalue weighted by molar-refractivity contribution is 6.31. The standard InChI is InChI=1S/C15H22ClN3O.ClH/c1-11-2-3-13(16)8-14(11)18-15(20)10-19-6-4-12(9-17)5-7-19;/h2-3,8,12H,4-7,9-10,17H2,1H3,(H,18,20);1H. The van der Waals surface area contributed by atoms with E-state index in [2.05, 4.69) is 10.2 Å². The number of aryl methyl sites for hydroxylation is 1. The van der Waals surface area contributed by atoms with E-state index in [1.54, 1.807) is 6.07 Å². The molecule has 118 valence electrons. The Kier molecular flexibility index (Phi) is 7.46. The highest BCUT2D eigenvalue weighted by Gasteiger charge is 2.19. The van der Waals surface area contributed by atoms with Crippen molar-refractivity contribution < 1.29 is 4.79 Å². The molecule has 0 unspecified atom stereocenters. The summed E-state index contributed by atoms with van der Waals surface area (Å²) in [6, 6.07) is 5.52. The van der Waals surface area contributed by atoms with Gasteiger partial charge in [-0.05, 0) is 63.0 Å². The normalized spacial score (nSPS) is 16.3. The van der Waals surface area contributed by atoms with Gasteiger partial charge in [-0.1, -0.05) is 17.7 Å². The van der Waals surface area contributed by atoms with Crippen LogP contribution in [-0.2, 0) is 4.79 Å². The number of likely N-dealkylation sites (tertiary alicyclic amines) is 1. The van der Waals surface area contributed by atoms with Gasteiger partial charge >= 0.3 is 0 Å². The predicted octanol–water partition coefficient (Wildman–Crippen LogP) is 2.68. The number of hydrogen-bond acceptors (Lipinski definition) is 3. The van der Waals surface area contributed by atoms with Gasteiger partial charge in [0.1, 0.15) is 0 Å². The molecule has 0 saturated carbocycles. The molecular formula is C15H23Cl2N3O. The van der Waals surface area contributed by atoms with Crippen LogP contribution in [0.1, 0.15) is 18.4 Å². The SMILES string of the molecule is Cc1ccc(Cl)cc1NC(=O)CN1CCC(CN)CC1.Cl. The van der Waals surface area contributed by atoms with Crippen LogP contribution in [0.5, 0.6) is 0 Å². The van der Waals surface area contributed by atoms with Crippen LogP contribution in [0, 0.1) is 12.8 Å². The molecule has 1 fully saturated rings. The van der Waals surface area contributed by atoms with Crippen LogP contribution < -0.4 is 11.1 Å². The zero-order valence-corrected chi connectivity index (χ0v) is 13.8. The number of amides is 1. The second-order valence-corrected chi connectivity index (χ2v) is 5.90. The molecule has 3 N–H and O–H groups in total. The van der Waals surface area contributed by atoms with Gasteiger partial charge in [-0.25, -0.2) is 0 Å². The Morgan fingerprint density at radius 2 is 2.10 bits per heavy atom. The lowest BCUT2D eigenvalue weighted by atomic mass is 9.97. The number of halogens is 2. The number of nitrogens with two attached hydrogens (primary N) is 1. The number of hydrogen-bond donors (Lipinski definition) is 2. The summed E-state index contributed by atoms with van der Waals surface area (Å²) in [5.74, 6) is 0.631. The van der Waals surface area contributed by atoms with Crippen molar-refractivity contribution >= 4 is 35.6 Å². The van der Waals surface area contributed by atoms with Crippen molar-refractivity contribution in [3.05, 3.63) is 28.8 Å². The Hall–Kier alpha value is -0.810. The molecule has 1 saturated heterocycles. The van der Waals surface area contributed by atoms with E-state index in [1.807, 2.05) is 19.1 Å². The van der Waals surface area contributed by atoms with Crippen molar-refractivity contribution in [3.63, 3.8) is 0 Å². The van der Waals surface area contributed by atoms with Crippen LogP contribution in [-0.4, -0.2) is 37.0 Å². The fraction of sp³-hybridized carbons (Fsp3) is 0.533.